The lowest BCUT2D eigenvalue weighted by atomic mass is 10.1. The van der Waals surface area contributed by atoms with Gasteiger partial charge < -0.3 is 16.4 Å². The van der Waals surface area contributed by atoms with Crippen LogP contribution in [0.15, 0.2) is 48.5 Å². The summed E-state index contributed by atoms with van der Waals surface area (Å²) in [5.41, 5.74) is 7.03. The van der Waals surface area contributed by atoms with Crippen molar-refractivity contribution in [3.05, 3.63) is 65.5 Å². The Morgan fingerprint density at radius 2 is 1.74 bits per heavy atom. The highest BCUT2D eigenvalue weighted by Crippen LogP contribution is 2.10. The SMILES string of the molecule is NC(=O)Nc1ccc(CNC(=O)CCc2ccccc2F)cc1. The lowest BCUT2D eigenvalue weighted by molar-refractivity contribution is -0.121. The van der Waals surface area contributed by atoms with Gasteiger partial charge in [-0.3, -0.25) is 4.79 Å². The molecule has 23 heavy (non-hydrogen) atoms. The lowest BCUT2D eigenvalue weighted by Gasteiger charge is -2.07. The summed E-state index contributed by atoms with van der Waals surface area (Å²) < 4.78 is 13.4. The summed E-state index contributed by atoms with van der Waals surface area (Å²) in [6.45, 7) is 0.368. The zero-order chi connectivity index (χ0) is 16.7. The second-order valence-electron chi connectivity index (χ2n) is 5.05. The van der Waals surface area contributed by atoms with E-state index in [1.54, 1.807) is 42.5 Å². The van der Waals surface area contributed by atoms with E-state index in [4.69, 9.17) is 5.73 Å². The Morgan fingerprint density at radius 3 is 2.39 bits per heavy atom. The minimum Gasteiger partial charge on any atom is -0.352 e. The van der Waals surface area contributed by atoms with Crippen molar-refractivity contribution in [2.75, 3.05) is 5.32 Å². The van der Waals surface area contributed by atoms with Crippen LogP contribution < -0.4 is 16.4 Å². The summed E-state index contributed by atoms with van der Waals surface area (Å²) in [6.07, 6.45) is 0.586. The monoisotopic (exact) mass is 315 g/mol. The minimum absolute atomic E-state index is 0.146. The predicted octanol–water partition coefficient (Wildman–Crippen LogP) is 2.57. The molecule has 0 spiro atoms. The molecule has 0 heterocycles. The summed E-state index contributed by atoms with van der Waals surface area (Å²) >= 11 is 0. The van der Waals surface area contributed by atoms with Gasteiger partial charge in [-0.2, -0.15) is 0 Å². The lowest BCUT2D eigenvalue weighted by Crippen LogP contribution is -2.23. The Bertz CT molecular complexity index is 686. The first-order valence-corrected chi connectivity index (χ1v) is 7.20. The molecule has 2 rings (SSSR count). The topological polar surface area (TPSA) is 84.2 Å². The molecule has 0 aliphatic rings. The number of hydrogen-bond acceptors (Lipinski definition) is 2. The average Bonchev–Trinajstić information content (AvgIpc) is 2.53. The van der Waals surface area contributed by atoms with Crippen molar-refractivity contribution in [1.29, 1.82) is 0 Å². The van der Waals surface area contributed by atoms with Crippen LogP contribution in [0.1, 0.15) is 17.5 Å². The summed E-state index contributed by atoms with van der Waals surface area (Å²) in [6, 6.07) is 12.8. The first kappa shape index (κ1) is 16.5. The third-order valence-corrected chi connectivity index (χ3v) is 3.29. The number of benzene rings is 2. The molecule has 0 atom stereocenters. The van der Waals surface area contributed by atoms with E-state index < -0.39 is 6.03 Å². The van der Waals surface area contributed by atoms with Gasteiger partial charge in [0, 0.05) is 18.7 Å². The molecule has 5 nitrogen and oxygen atoms in total. The van der Waals surface area contributed by atoms with Crippen LogP contribution in [0.2, 0.25) is 0 Å². The molecule has 4 N–H and O–H groups in total. The van der Waals surface area contributed by atoms with Gasteiger partial charge in [-0.05, 0) is 35.7 Å². The molecule has 0 fully saturated rings. The van der Waals surface area contributed by atoms with Gasteiger partial charge >= 0.3 is 6.03 Å². The number of hydrogen-bond donors (Lipinski definition) is 3. The number of amides is 3. The molecule has 0 unspecified atom stereocenters. The van der Waals surface area contributed by atoms with E-state index in [9.17, 15) is 14.0 Å². The van der Waals surface area contributed by atoms with Gasteiger partial charge in [0.25, 0.3) is 0 Å². The molecule has 2 aromatic carbocycles. The zero-order valence-electron chi connectivity index (χ0n) is 12.5. The first-order valence-electron chi connectivity index (χ1n) is 7.20. The molecule has 120 valence electrons. The van der Waals surface area contributed by atoms with E-state index in [2.05, 4.69) is 10.6 Å². The van der Waals surface area contributed by atoms with Gasteiger partial charge in [0.05, 0.1) is 0 Å². The molecule has 0 saturated carbocycles. The number of carbonyl (C=O) groups excluding carboxylic acids is 2. The summed E-state index contributed by atoms with van der Waals surface area (Å²) in [5, 5.41) is 5.23. The number of rotatable bonds is 6. The van der Waals surface area contributed by atoms with E-state index in [0.29, 0.717) is 24.2 Å². The van der Waals surface area contributed by atoms with E-state index in [0.717, 1.165) is 5.56 Å². The third-order valence-electron chi connectivity index (χ3n) is 3.29. The number of carbonyl (C=O) groups is 2. The second-order valence-corrected chi connectivity index (χ2v) is 5.05. The molecule has 0 aliphatic heterocycles. The van der Waals surface area contributed by atoms with Gasteiger partial charge in [0.15, 0.2) is 0 Å². The number of urea groups is 1. The zero-order valence-corrected chi connectivity index (χ0v) is 12.5. The Morgan fingerprint density at radius 1 is 1.04 bits per heavy atom. The van der Waals surface area contributed by atoms with Crippen molar-refractivity contribution >= 4 is 17.6 Å². The number of anilines is 1. The maximum Gasteiger partial charge on any atom is 0.316 e. The fraction of sp³-hybridized carbons (Fsp3) is 0.176. The van der Waals surface area contributed by atoms with Gasteiger partial charge in [-0.1, -0.05) is 30.3 Å². The Hall–Kier alpha value is -2.89. The molecular weight excluding hydrogens is 297 g/mol. The maximum atomic E-state index is 13.4. The maximum absolute atomic E-state index is 13.4. The smallest absolute Gasteiger partial charge is 0.316 e. The van der Waals surface area contributed by atoms with Crippen LogP contribution in [0.5, 0.6) is 0 Å². The Balaban J connectivity index is 1.78. The number of nitrogens with one attached hydrogen (secondary N) is 2. The number of halogens is 1. The van der Waals surface area contributed by atoms with Crippen molar-refractivity contribution in [2.45, 2.75) is 19.4 Å². The van der Waals surface area contributed by atoms with Crippen LogP contribution >= 0.6 is 0 Å². The molecule has 2 aromatic rings. The van der Waals surface area contributed by atoms with Crippen molar-refractivity contribution in [3.63, 3.8) is 0 Å². The Kier molecular flexibility index (Phi) is 5.68. The van der Waals surface area contributed by atoms with Crippen LogP contribution in [-0.2, 0) is 17.8 Å². The van der Waals surface area contributed by atoms with Gasteiger partial charge in [0.2, 0.25) is 5.91 Å². The normalized spacial score (nSPS) is 10.1. The van der Waals surface area contributed by atoms with Gasteiger partial charge in [0.1, 0.15) is 5.82 Å². The van der Waals surface area contributed by atoms with Crippen molar-refractivity contribution in [2.24, 2.45) is 5.73 Å². The highest BCUT2D eigenvalue weighted by atomic mass is 19.1. The number of primary amides is 1. The van der Waals surface area contributed by atoms with Crippen LogP contribution in [-0.4, -0.2) is 11.9 Å². The van der Waals surface area contributed by atoms with Crippen LogP contribution in [0.4, 0.5) is 14.9 Å². The predicted molar refractivity (Wildman–Crippen MR) is 86.2 cm³/mol. The number of aryl methyl sites for hydroxylation is 1. The van der Waals surface area contributed by atoms with Crippen LogP contribution in [0, 0.1) is 5.82 Å². The largest absolute Gasteiger partial charge is 0.352 e. The molecule has 0 aromatic heterocycles. The average molecular weight is 315 g/mol. The quantitative estimate of drug-likeness (QED) is 0.765. The van der Waals surface area contributed by atoms with Crippen molar-refractivity contribution < 1.29 is 14.0 Å². The standard InChI is InChI=1S/C17H18FN3O2/c18-15-4-2-1-3-13(15)7-10-16(22)20-11-12-5-8-14(9-6-12)21-17(19)23/h1-6,8-9H,7,10-11H2,(H,20,22)(H3,19,21,23). The van der Waals surface area contributed by atoms with E-state index in [-0.39, 0.29) is 18.1 Å². The molecule has 0 bridgehead atoms. The number of nitrogens with two attached hydrogens (primary N) is 1. The van der Waals surface area contributed by atoms with Crippen LogP contribution in [0.3, 0.4) is 0 Å². The summed E-state index contributed by atoms with van der Waals surface area (Å²) in [5.74, 6) is -0.439. The Labute approximate surface area is 133 Å². The summed E-state index contributed by atoms with van der Waals surface area (Å²) in [4.78, 5) is 22.5. The van der Waals surface area contributed by atoms with E-state index in [1.807, 2.05) is 0 Å². The van der Waals surface area contributed by atoms with Crippen LogP contribution in [0.25, 0.3) is 0 Å². The molecule has 0 saturated heterocycles. The highest BCUT2D eigenvalue weighted by Gasteiger charge is 2.06. The molecule has 0 radical (unpaired) electrons. The second kappa shape index (κ2) is 7.93. The van der Waals surface area contributed by atoms with E-state index >= 15 is 0 Å². The molecule has 6 heteroatoms. The fourth-order valence-electron chi connectivity index (χ4n) is 2.09. The molecule has 3 amide bonds. The first-order chi connectivity index (χ1) is 11.0. The molecule has 0 aliphatic carbocycles. The third kappa shape index (κ3) is 5.43. The van der Waals surface area contributed by atoms with Gasteiger partial charge in [-0.25, -0.2) is 9.18 Å². The fourth-order valence-corrected chi connectivity index (χ4v) is 2.09. The summed E-state index contributed by atoms with van der Waals surface area (Å²) in [7, 11) is 0. The van der Waals surface area contributed by atoms with Crippen molar-refractivity contribution in [3.8, 4) is 0 Å². The van der Waals surface area contributed by atoms with E-state index in [1.165, 1.54) is 6.07 Å². The highest BCUT2D eigenvalue weighted by molar-refractivity contribution is 5.87. The van der Waals surface area contributed by atoms with Crippen molar-refractivity contribution in [1.82, 2.24) is 5.32 Å². The minimum atomic E-state index is -0.626. The molecular formula is C17H18FN3O2. The van der Waals surface area contributed by atoms with Gasteiger partial charge in [-0.15, -0.1) is 0 Å².